The summed E-state index contributed by atoms with van der Waals surface area (Å²) in [6, 6.07) is 8.50. The number of nitriles is 1. The molecule has 9 nitrogen and oxygen atoms in total. The van der Waals surface area contributed by atoms with Gasteiger partial charge in [-0.25, -0.2) is 9.97 Å². The number of carbonyl (C=O) groups excluding carboxylic acids is 2. The minimum absolute atomic E-state index is 0.00713. The highest BCUT2D eigenvalue weighted by Crippen LogP contribution is 2.42. The molecule has 0 saturated carbocycles. The molecule has 0 aliphatic carbocycles. The van der Waals surface area contributed by atoms with E-state index < -0.39 is 5.91 Å². The van der Waals surface area contributed by atoms with Gasteiger partial charge in [-0.05, 0) is 30.7 Å². The Morgan fingerprint density at radius 2 is 2.10 bits per heavy atom. The molecule has 4 rings (SSSR count). The predicted molar refractivity (Wildman–Crippen MR) is 108 cm³/mol. The highest BCUT2D eigenvalue weighted by Gasteiger charge is 2.49. The molecular formula is C21H20N6O3. The predicted octanol–water partition coefficient (Wildman–Crippen LogP) is 1.46. The monoisotopic (exact) mass is 404 g/mol. The van der Waals surface area contributed by atoms with Crippen molar-refractivity contribution >= 4 is 17.6 Å². The van der Waals surface area contributed by atoms with Gasteiger partial charge in [0.1, 0.15) is 18.1 Å². The number of rotatable bonds is 5. The van der Waals surface area contributed by atoms with Crippen molar-refractivity contribution in [3.8, 4) is 17.7 Å². The fourth-order valence-electron chi connectivity index (χ4n) is 4.02. The molecule has 0 unspecified atom stereocenters. The van der Waals surface area contributed by atoms with E-state index in [1.54, 1.807) is 23.1 Å². The third-order valence-corrected chi connectivity index (χ3v) is 5.51. The van der Waals surface area contributed by atoms with Gasteiger partial charge in [0.25, 0.3) is 0 Å². The van der Waals surface area contributed by atoms with Crippen molar-refractivity contribution in [1.29, 1.82) is 5.26 Å². The van der Waals surface area contributed by atoms with Crippen molar-refractivity contribution in [1.82, 2.24) is 14.9 Å². The highest BCUT2D eigenvalue weighted by atomic mass is 16.5. The quantitative estimate of drug-likeness (QED) is 0.748. The van der Waals surface area contributed by atoms with Crippen molar-refractivity contribution in [2.75, 3.05) is 31.1 Å². The summed E-state index contributed by atoms with van der Waals surface area (Å²) in [5, 5.41) is 9.75. The van der Waals surface area contributed by atoms with Gasteiger partial charge < -0.3 is 20.3 Å². The number of hydrogen-bond acceptors (Lipinski definition) is 7. The zero-order valence-electron chi connectivity index (χ0n) is 16.2. The molecule has 2 aliphatic rings. The van der Waals surface area contributed by atoms with Crippen molar-refractivity contribution in [3.05, 3.63) is 54.4 Å². The van der Waals surface area contributed by atoms with Crippen molar-refractivity contribution in [2.24, 2.45) is 11.1 Å². The van der Waals surface area contributed by atoms with E-state index in [1.807, 2.05) is 4.90 Å². The van der Waals surface area contributed by atoms with Crippen LogP contribution in [0.4, 0.5) is 5.82 Å². The first-order valence-electron chi connectivity index (χ1n) is 9.44. The van der Waals surface area contributed by atoms with Crippen molar-refractivity contribution in [3.63, 3.8) is 0 Å². The molecule has 152 valence electrons. The molecule has 2 fully saturated rings. The summed E-state index contributed by atoms with van der Waals surface area (Å²) in [7, 11) is 0. The van der Waals surface area contributed by atoms with Gasteiger partial charge in [-0.15, -0.1) is 0 Å². The summed E-state index contributed by atoms with van der Waals surface area (Å²) in [6.45, 7) is 6.28. The number of aromatic nitrogens is 2. The number of nitrogens with zero attached hydrogens (tertiary/aromatic N) is 5. The third kappa shape index (κ3) is 3.43. The molecule has 1 aromatic heterocycles. The van der Waals surface area contributed by atoms with Crippen LogP contribution in [-0.4, -0.2) is 52.9 Å². The molecular weight excluding hydrogens is 384 g/mol. The second-order valence-electron chi connectivity index (χ2n) is 7.55. The summed E-state index contributed by atoms with van der Waals surface area (Å²) in [5.74, 6) is 0.327. The number of benzene rings is 1. The minimum Gasteiger partial charge on any atom is -0.437 e. The van der Waals surface area contributed by atoms with Crippen LogP contribution in [0.15, 0.2) is 43.2 Å². The molecule has 2 aromatic rings. The average Bonchev–Trinajstić information content (AvgIpc) is 3.18. The van der Waals surface area contributed by atoms with E-state index in [0.29, 0.717) is 36.8 Å². The first-order chi connectivity index (χ1) is 14.4. The smallest absolute Gasteiger partial charge is 0.248 e. The molecule has 2 amide bonds. The Hall–Kier alpha value is -3.93. The third-order valence-electron chi connectivity index (χ3n) is 5.51. The van der Waals surface area contributed by atoms with Crippen molar-refractivity contribution in [2.45, 2.75) is 6.42 Å². The molecule has 30 heavy (non-hydrogen) atoms. The summed E-state index contributed by atoms with van der Waals surface area (Å²) in [6.07, 6.45) is 3.58. The van der Waals surface area contributed by atoms with Gasteiger partial charge in [0.05, 0.1) is 0 Å². The maximum Gasteiger partial charge on any atom is 0.248 e. The average molecular weight is 404 g/mol. The van der Waals surface area contributed by atoms with E-state index in [2.05, 4.69) is 22.6 Å². The van der Waals surface area contributed by atoms with Gasteiger partial charge in [-0.3, -0.25) is 9.59 Å². The number of primary amides is 1. The fourth-order valence-corrected chi connectivity index (χ4v) is 4.02. The largest absolute Gasteiger partial charge is 0.437 e. The second-order valence-corrected chi connectivity index (χ2v) is 7.55. The summed E-state index contributed by atoms with van der Waals surface area (Å²) < 4.78 is 5.77. The number of hydrogen-bond donors (Lipinski definition) is 1. The number of anilines is 1. The molecule has 2 aliphatic heterocycles. The van der Waals surface area contributed by atoms with Gasteiger partial charge in [0.2, 0.25) is 17.7 Å². The number of ether oxygens (including phenoxy) is 1. The van der Waals surface area contributed by atoms with Crippen LogP contribution in [0.2, 0.25) is 0 Å². The Kier molecular flexibility index (Phi) is 4.83. The van der Waals surface area contributed by atoms with Gasteiger partial charge in [-0.2, -0.15) is 5.26 Å². The standard InChI is InChI=1S/C21H20N6O3/c1-2-17(28)27-11-21(12-27)6-7-26(10-21)19-16(9-22)20(25-13-24-19)30-15-5-3-4-14(8-15)18(23)29/h2-5,8,13H,1,6-7,10-12H2,(H2,23,29). The van der Waals surface area contributed by atoms with Crippen LogP contribution in [0.25, 0.3) is 0 Å². The number of carbonyl (C=O) groups is 2. The SMILES string of the molecule is C=CC(=O)N1CC2(CCN(c3ncnc(Oc4cccc(C(N)=O)c4)c3C#N)C2)C1. The van der Waals surface area contributed by atoms with Crippen LogP contribution < -0.4 is 15.4 Å². The van der Waals surface area contributed by atoms with Gasteiger partial charge in [0, 0.05) is 37.2 Å². The molecule has 3 heterocycles. The Morgan fingerprint density at radius 1 is 1.30 bits per heavy atom. The minimum atomic E-state index is -0.573. The highest BCUT2D eigenvalue weighted by molar-refractivity contribution is 5.93. The van der Waals surface area contributed by atoms with Crippen molar-refractivity contribution < 1.29 is 14.3 Å². The molecule has 2 N–H and O–H groups in total. The van der Waals surface area contributed by atoms with E-state index in [-0.39, 0.29) is 22.8 Å². The number of likely N-dealkylation sites (tertiary alicyclic amines) is 1. The summed E-state index contributed by atoms with van der Waals surface area (Å²) in [4.78, 5) is 35.4. The van der Waals surface area contributed by atoms with Crippen LogP contribution >= 0.6 is 0 Å². The molecule has 1 aromatic carbocycles. The van der Waals surface area contributed by atoms with Crippen LogP contribution in [-0.2, 0) is 4.79 Å². The van der Waals surface area contributed by atoms with E-state index in [4.69, 9.17) is 10.5 Å². The lowest BCUT2D eigenvalue weighted by molar-refractivity contribution is -0.136. The Labute approximate surface area is 173 Å². The van der Waals surface area contributed by atoms with Crippen LogP contribution in [0.5, 0.6) is 11.6 Å². The maximum absolute atomic E-state index is 11.8. The molecule has 0 radical (unpaired) electrons. The van der Waals surface area contributed by atoms with E-state index in [9.17, 15) is 14.9 Å². The summed E-state index contributed by atoms with van der Waals surface area (Å²) >= 11 is 0. The molecule has 2 saturated heterocycles. The van der Waals surface area contributed by atoms with E-state index in [1.165, 1.54) is 18.5 Å². The molecule has 9 heteroatoms. The van der Waals surface area contributed by atoms with Gasteiger partial charge in [-0.1, -0.05) is 12.6 Å². The lowest BCUT2D eigenvalue weighted by atomic mass is 9.79. The first kappa shape index (κ1) is 19.4. The van der Waals surface area contributed by atoms with Crippen LogP contribution in [0, 0.1) is 16.7 Å². The van der Waals surface area contributed by atoms with E-state index in [0.717, 1.165) is 13.0 Å². The van der Waals surface area contributed by atoms with E-state index >= 15 is 0 Å². The second kappa shape index (κ2) is 7.48. The Morgan fingerprint density at radius 3 is 2.80 bits per heavy atom. The molecule has 0 bridgehead atoms. The topological polar surface area (TPSA) is 125 Å². The van der Waals surface area contributed by atoms with Gasteiger partial charge in [0.15, 0.2) is 11.4 Å². The normalized spacial score (nSPS) is 16.6. The number of nitrogens with two attached hydrogens (primary N) is 1. The molecule has 0 atom stereocenters. The fraction of sp³-hybridized carbons (Fsp3) is 0.286. The zero-order chi connectivity index (χ0) is 21.3. The lowest BCUT2D eigenvalue weighted by Crippen LogP contribution is -2.59. The maximum atomic E-state index is 11.8. The van der Waals surface area contributed by atoms with Crippen LogP contribution in [0.3, 0.4) is 0 Å². The Balaban J connectivity index is 1.54. The lowest BCUT2D eigenvalue weighted by Gasteiger charge is -2.47. The first-order valence-corrected chi connectivity index (χ1v) is 9.44. The molecule has 1 spiro atoms. The number of amides is 2. The summed E-state index contributed by atoms with van der Waals surface area (Å²) in [5.41, 5.74) is 5.83. The van der Waals surface area contributed by atoms with Crippen LogP contribution in [0.1, 0.15) is 22.3 Å². The van der Waals surface area contributed by atoms with Gasteiger partial charge >= 0.3 is 0 Å². The Bertz CT molecular complexity index is 1070. The zero-order valence-corrected chi connectivity index (χ0v) is 16.2.